The number of carbonyl (C=O) groups excluding carboxylic acids is 2. The highest BCUT2D eigenvalue weighted by atomic mass is 16.8. The Labute approximate surface area is 536 Å². The minimum Gasteiger partial charge on any atom is -0.432 e. The van der Waals surface area contributed by atoms with E-state index < -0.39 is 84.8 Å². The predicted molar refractivity (Wildman–Crippen MR) is 340 cm³/mol. The molecule has 24 atom stereocenters. The van der Waals surface area contributed by atoms with Crippen LogP contribution in [0.2, 0.25) is 0 Å². The predicted octanol–water partition coefficient (Wildman–Crippen LogP) is 12.9. The molecule has 0 aromatic heterocycles. The highest BCUT2D eigenvalue weighted by Crippen LogP contribution is 2.76. The van der Waals surface area contributed by atoms with Crippen LogP contribution in [0.1, 0.15) is 158 Å². The van der Waals surface area contributed by atoms with E-state index in [0.717, 1.165) is 61.6 Å². The van der Waals surface area contributed by atoms with E-state index in [0.29, 0.717) is 50.4 Å². The molecule has 3 aromatic carbocycles. The van der Waals surface area contributed by atoms with Crippen LogP contribution >= 0.6 is 0 Å². The first-order chi connectivity index (χ1) is 42.9. The normalized spacial score (nSPS) is 44.3. The number of hydrogen-bond donors (Lipinski definition) is 1. The van der Waals surface area contributed by atoms with E-state index in [1.54, 1.807) is 7.11 Å². The molecule has 4 saturated heterocycles. The van der Waals surface area contributed by atoms with Gasteiger partial charge in [0.25, 0.3) is 0 Å². The number of rotatable bonds is 18. The maximum Gasteiger partial charge on any atom is 0.317 e. The van der Waals surface area contributed by atoms with Gasteiger partial charge in [-0.1, -0.05) is 165 Å². The zero-order valence-corrected chi connectivity index (χ0v) is 56.0. The number of benzene rings is 3. The minimum absolute atomic E-state index is 0.0134. The summed E-state index contributed by atoms with van der Waals surface area (Å²) in [6.45, 7) is 28.2. The number of allylic oxidation sites excluding steroid dienone is 2. The molecule has 0 bridgehead atoms. The van der Waals surface area contributed by atoms with Crippen LogP contribution in [0.3, 0.4) is 0 Å². The summed E-state index contributed by atoms with van der Waals surface area (Å²) in [6.07, 6.45) is 3.33. The standard InChI is InChI=1S/C75H105NO14/c1-45-31-33-71(9)56(72(45,10)44-77)32-34-73(11)57(71)30-29-52-53-37-69(5,6)35-36-75(53,58(79-13)38-74(52,73)12)68(78)88-66-61(46(2)59(76)54(85-66)42-80-39-49-23-17-14-18-24-49)86-67-64-63(89-70(7,8)90-64)62(48(4)84-67)87-65-47(3)60(82-41-51-27-21-16-22-28-51)55(43-83-65)81-40-50-25-19-15-20-26-50/h14-29,44-48,53-67H,30-43,76H2,1-13H3/t45-,46?,47?,48+,53?,54-,55?,56+,57?,58-,59?,60?,61?,62?,63?,64?,65-,66-,67-,71?,72-,73-,74+,75?/m0/s1. The van der Waals surface area contributed by atoms with Crippen molar-refractivity contribution in [3.05, 3.63) is 119 Å². The lowest BCUT2D eigenvalue weighted by molar-refractivity contribution is -0.354. The van der Waals surface area contributed by atoms with Crippen LogP contribution < -0.4 is 5.73 Å². The number of aldehydes is 1. The van der Waals surface area contributed by atoms with Gasteiger partial charge in [-0.15, -0.1) is 0 Å². The van der Waals surface area contributed by atoms with Crippen molar-refractivity contribution >= 4 is 12.3 Å². The van der Waals surface area contributed by atoms with Crippen molar-refractivity contribution < 1.29 is 66.4 Å². The number of carbonyl (C=O) groups is 2. The van der Waals surface area contributed by atoms with Crippen LogP contribution in [0.5, 0.6) is 0 Å². The van der Waals surface area contributed by atoms with E-state index >= 15 is 4.79 Å². The zero-order valence-electron chi connectivity index (χ0n) is 56.0. The van der Waals surface area contributed by atoms with Crippen molar-refractivity contribution in [2.45, 2.75) is 246 Å². The summed E-state index contributed by atoms with van der Waals surface area (Å²) in [5.41, 5.74) is 9.90. The number of esters is 1. The van der Waals surface area contributed by atoms with Crippen LogP contribution in [0.25, 0.3) is 0 Å². The maximum absolute atomic E-state index is 16.4. The van der Waals surface area contributed by atoms with Gasteiger partial charge < -0.3 is 67.4 Å². The third kappa shape index (κ3) is 11.9. The molecule has 0 spiro atoms. The molecule has 12 rings (SSSR count). The van der Waals surface area contributed by atoms with Gasteiger partial charge in [-0.25, -0.2) is 0 Å². The molecule has 9 aliphatic rings. The Bertz CT molecular complexity index is 2980. The summed E-state index contributed by atoms with van der Waals surface area (Å²) in [5.74, 6) is -1.26. The van der Waals surface area contributed by atoms with E-state index in [2.05, 4.69) is 85.7 Å². The Morgan fingerprint density at radius 3 is 1.96 bits per heavy atom. The molecule has 5 aliphatic carbocycles. The van der Waals surface area contributed by atoms with Crippen LogP contribution in [-0.2, 0) is 86.3 Å². The summed E-state index contributed by atoms with van der Waals surface area (Å²) < 4.78 is 82.3. The Balaban J connectivity index is 0.823. The number of hydrogen-bond acceptors (Lipinski definition) is 15. The van der Waals surface area contributed by atoms with Crippen molar-refractivity contribution in [2.24, 2.45) is 73.7 Å². The molecule has 2 N–H and O–H groups in total. The zero-order chi connectivity index (χ0) is 63.8. The first kappa shape index (κ1) is 66.1. The average Bonchev–Trinajstić information content (AvgIpc) is 0.758. The van der Waals surface area contributed by atoms with Crippen LogP contribution in [0.15, 0.2) is 103 Å². The average molecular weight is 1240 g/mol. The van der Waals surface area contributed by atoms with Crippen molar-refractivity contribution in [1.82, 2.24) is 0 Å². The molecule has 8 fully saturated rings. The van der Waals surface area contributed by atoms with Gasteiger partial charge >= 0.3 is 5.97 Å². The van der Waals surface area contributed by atoms with E-state index in [-0.39, 0.29) is 70.3 Å². The fraction of sp³-hybridized carbons (Fsp3) is 0.707. The molecule has 494 valence electrons. The van der Waals surface area contributed by atoms with Crippen LogP contribution in [-0.4, -0.2) is 118 Å². The first-order valence-corrected chi connectivity index (χ1v) is 34.1. The van der Waals surface area contributed by atoms with Gasteiger partial charge in [-0.2, -0.15) is 0 Å². The Kier molecular flexibility index (Phi) is 18.8. The van der Waals surface area contributed by atoms with Gasteiger partial charge in [-0.05, 0) is 141 Å². The topological polar surface area (TPSA) is 171 Å². The quantitative estimate of drug-likeness (QED) is 0.0724. The lowest BCUT2D eigenvalue weighted by Gasteiger charge is -2.71. The van der Waals surface area contributed by atoms with Gasteiger partial charge in [0.2, 0.25) is 6.29 Å². The molecule has 4 heterocycles. The highest BCUT2D eigenvalue weighted by Gasteiger charge is 2.72. The van der Waals surface area contributed by atoms with E-state index in [4.69, 9.17) is 62.6 Å². The number of ether oxygens (including phenoxy) is 12. The second-order valence-electron chi connectivity index (χ2n) is 31.1. The van der Waals surface area contributed by atoms with Crippen LogP contribution in [0, 0.1) is 68.0 Å². The summed E-state index contributed by atoms with van der Waals surface area (Å²) in [4.78, 5) is 29.6. The highest BCUT2D eigenvalue weighted by molar-refractivity contribution is 5.80. The summed E-state index contributed by atoms with van der Waals surface area (Å²) >= 11 is 0. The van der Waals surface area contributed by atoms with Gasteiger partial charge in [-0.3, -0.25) is 4.79 Å². The van der Waals surface area contributed by atoms with Gasteiger partial charge in [0.1, 0.15) is 48.3 Å². The first-order valence-electron chi connectivity index (χ1n) is 34.1. The Hall–Kier alpha value is -3.94. The third-order valence-electron chi connectivity index (χ3n) is 25.0. The molecule has 0 amide bonds. The van der Waals surface area contributed by atoms with Gasteiger partial charge in [0.15, 0.2) is 18.4 Å². The molecular weight excluding hydrogens is 1140 g/mol. The second-order valence-corrected chi connectivity index (χ2v) is 31.1. The monoisotopic (exact) mass is 1240 g/mol. The largest absolute Gasteiger partial charge is 0.432 e. The molecular formula is C75H105NO14. The van der Waals surface area contributed by atoms with Crippen molar-refractivity contribution in [1.29, 1.82) is 0 Å². The SMILES string of the molecule is CO[C@H]1C[C@]2(C)C(=CCC3C4(C)CC[C@H](C)[C@](C)(C=O)[C@@H]4CC[C@@]32C)C2CC(C)(C)CCC21C(=O)O[C@@H]1O[C@@H](COCc2ccccc2)C(N)C(C)C1O[C@@H]1O[C@H](C)C(O[C@@H]2OCC(OCc3ccccc3)C(OCc3ccccc3)C2C)C2OC(C)(C)OC21. The van der Waals surface area contributed by atoms with Gasteiger partial charge in [0.05, 0.1) is 51.3 Å². The molecule has 3 aromatic rings. The lowest BCUT2D eigenvalue weighted by atomic mass is 9.33. The minimum atomic E-state index is -1.23. The van der Waals surface area contributed by atoms with Crippen molar-refractivity contribution in [2.75, 3.05) is 20.3 Å². The molecule has 15 nitrogen and oxygen atoms in total. The smallest absolute Gasteiger partial charge is 0.317 e. The molecule has 15 heteroatoms. The molecule has 13 unspecified atom stereocenters. The molecule has 0 radical (unpaired) electrons. The van der Waals surface area contributed by atoms with Crippen LogP contribution in [0.4, 0.5) is 0 Å². The third-order valence-corrected chi connectivity index (χ3v) is 25.0. The van der Waals surface area contributed by atoms with Gasteiger partial charge in [0, 0.05) is 30.4 Å². The van der Waals surface area contributed by atoms with Crippen molar-refractivity contribution in [3.8, 4) is 0 Å². The van der Waals surface area contributed by atoms with E-state index in [1.165, 1.54) is 11.9 Å². The van der Waals surface area contributed by atoms with E-state index in [1.807, 2.05) is 94.4 Å². The molecule has 4 aliphatic heterocycles. The number of fused-ring (bicyclic) bond motifs is 8. The summed E-state index contributed by atoms with van der Waals surface area (Å²) in [7, 11) is 1.79. The lowest BCUT2D eigenvalue weighted by Crippen LogP contribution is -2.68. The summed E-state index contributed by atoms with van der Waals surface area (Å²) in [6, 6.07) is 29.7. The maximum atomic E-state index is 16.4. The Morgan fingerprint density at radius 2 is 1.30 bits per heavy atom. The number of methoxy groups -OCH3 is 1. The second kappa shape index (κ2) is 25.7. The van der Waals surface area contributed by atoms with Crippen molar-refractivity contribution in [3.63, 3.8) is 0 Å². The van der Waals surface area contributed by atoms with E-state index in [9.17, 15) is 4.79 Å². The molecule has 90 heavy (non-hydrogen) atoms. The molecule has 4 saturated carbocycles. The number of nitrogens with two attached hydrogens (primary N) is 1. The fourth-order valence-electron chi connectivity index (χ4n) is 19.3. The fourth-order valence-corrected chi connectivity index (χ4v) is 19.3. The summed E-state index contributed by atoms with van der Waals surface area (Å²) in [5, 5.41) is 0. The Morgan fingerprint density at radius 1 is 0.667 bits per heavy atom.